The Hall–Kier alpha value is -3.11. The van der Waals surface area contributed by atoms with Crippen LogP contribution in [-0.2, 0) is 27.2 Å². The summed E-state index contributed by atoms with van der Waals surface area (Å²) < 4.78 is 10.2. The molecule has 29 heavy (non-hydrogen) atoms. The maximum atomic E-state index is 12.2. The van der Waals surface area contributed by atoms with Gasteiger partial charge >= 0.3 is 5.97 Å². The minimum Gasteiger partial charge on any atom is -0.496 e. The normalized spacial score (nSPS) is 15.4. The molecule has 1 aliphatic rings. The molecule has 0 bridgehead atoms. The molecule has 0 aliphatic heterocycles. The topological polar surface area (TPSA) is 88.4 Å². The summed E-state index contributed by atoms with van der Waals surface area (Å²) in [5.41, 5.74) is 2.31. The smallest absolute Gasteiger partial charge is 0.331 e. The van der Waals surface area contributed by atoms with Gasteiger partial charge < -0.3 is 14.8 Å². The van der Waals surface area contributed by atoms with E-state index in [9.17, 15) is 14.9 Å². The van der Waals surface area contributed by atoms with Gasteiger partial charge in [0.2, 0.25) is 0 Å². The quantitative estimate of drug-likeness (QED) is 0.575. The van der Waals surface area contributed by atoms with Crippen molar-refractivity contribution in [2.45, 2.75) is 26.2 Å². The summed E-state index contributed by atoms with van der Waals surface area (Å²) in [5, 5.41) is 12.7. The van der Waals surface area contributed by atoms with Crippen LogP contribution in [0.1, 0.15) is 34.9 Å². The molecule has 1 aromatic heterocycles. The first kappa shape index (κ1) is 20.6. The number of esters is 1. The van der Waals surface area contributed by atoms with Gasteiger partial charge in [-0.25, -0.2) is 4.79 Å². The molecule has 0 radical (unpaired) electrons. The van der Waals surface area contributed by atoms with Crippen LogP contribution in [0.3, 0.4) is 0 Å². The summed E-state index contributed by atoms with van der Waals surface area (Å²) in [6.07, 6.45) is 5.64. The van der Waals surface area contributed by atoms with Gasteiger partial charge in [-0.15, -0.1) is 11.3 Å². The van der Waals surface area contributed by atoms with Gasteiger partial charge in [0.15, 0.2) is 6.61 Å². The lowest BCUT2D eigenvalue weighted by atomic mass is 9.89. The van der Waals surface area contributed by atoms with Crippen LogP contribution in [0, 0.1) is 17.2 Å². The van der Waals surface area contributed by atoms with Gasteiger partial charge in [0, 0.05) is 16.5 Å². The number of methoxy groups -OCH3 is 1. The number of ether oxygens (including phenoxy) is 2. The van der Waals surface area contributed by atoms with Crippen LogP contribution in [0.4, 0.5) is 5.00 Å². The van der Waals surface area contributed by atoms with Gasteiger partial charge in [-0.05, 0) is 42.9 Å². The van der Waals surface area contributed by atoms with Crippen molar-refractivity contribution in [3.8, 4) is 11.8 Å². The van der Waals surface area contributed by atoms with Crippen LogP contribution >= 0.6 is 11.3 Å². The van der Waals surface area contributed by atoms with Crippen molar-refractivity contribution in [3.63, 3.8) is 0 Å². The minimum absolute atomic E-state index is 0.418. The van der Waals surface area contributed by atoms with E-state index in [1.165, 1.54) is 17.4 Å². The first-order valence-corrected chi connectivity index (χ1v) is 10.2. The lowest BCUT2D eigenvalue weighted by Crippen LogP contribution is -2.20. The zero-order chi connectivity index (χ0) is 20.8. The van der Waals surface area contributed by atoms with E-state index in [1.807, 2.05) is 12.1 Å². The number of carbonyl (C=O) groups is 2. The van der Waals surface area contributed by atoms with Gasteiger partial charge in [0.05, 0.1) is 12.7 Å². The van der Waals surface area contributed by atoms with Crippen molar-refractivity contribution in [3.05, 3.63) is 51.9 Å². The third-order valence-electron chi connectivity index (χ3n) is 4.76. The average molecular weight is 410 g/mol. The van der Waals surface area contributed by atoms with E-state index in [2.05, 4.69) is 18.3 Å². The molecule has 3 rings (SSSR count). The summed E-state index contributed by atoms with van der Waals surface area (Å²) in [4.78, 5) is 25.3. The maximum Gasteiger partial charge on any atom is 0.331 e. The van der Waals surface area contributed by atoms with E-state index < -0.39 is 18.5 Å². The number of rotatable bonds is 6. The number of carbonyl (C=O) groups excluding carboxylic acids is 2. The SMILES string of the molecule is COc1ccccc1/C=C/C(=O)OCC(=O)Nc1sc2c(c1C#N)CC[C@@H](C)C2. The number of nitriles is 1. The van der Waals surface area contributed by atoms with Crippen LogP contribution in [-0.4, -0.2) is 25.6 Å². The number of benzene rings is 1. The van der Waals surface area contributed by atoms with E-state index >= 15 is 0 Å². The van der Waals surface area contributed by atoms with Gasteiger partial charge in [-0.3, -0.25) is 4.79 Å². The Balaban J connectivity index is 1.57. The van der Waals surface area contributed by atoms with Crippen LogP contribution in [0.15, 0.2) is 30.3 Å². The largest absolute Gasteiger partial charge is 0.496 e. The molecule has 1 aromatic carbocycles. The number of hydrogen-bond donors (Lipinski definition) is 1. The Morgan fingerprint density at radius 1 is 1.38 bits per heavy atom. The van der Waals surface area contributed by atoms with Gasteiger partial charge in [-0.2, -0.15) is 5.26 Å². The minimum atomic E-state index is -0.633. The van der Waals surface area contributed by atoms with Crippen molar-refractivity contribution < 1.29 is 19.1 Å². The molecule has 0 unspecified atom stereocenters. The zero-order valence-corrected chi connectivity index (χ0v) is 17.2. The molecule has 150 valence electrons. The number of nitrogens with zero attached hydrogens (tertiary/aromatic N) is 1. The van der Waals surface area contributed by atoms with Crippen LogP contribution < -0.4 is 10.1 Å². The van der Waals surface area contributed by atoms with Crippen molar-refractivity contribution in [2.75, 3.05) is 19.0 Å². The summed E-state index contributed by atoms with van der Waals surface area (Å²) >= 11 is 1.44. The van der Waals surface area contributed by atoms with Crippen molar-refractivity contribution in [1.82, 2.24) is 0 Å². The van der Waals surface area contributed by atoms with E-state index in [0.29, 0.717) is 22.2 Å². The Morgan fingerprint density at radius 3 is 2.93 bits per heavy atom. The third kappa shape index (κ3) is 5.04. The van der Waals surface area contributed by atoms with Crippen LogP contribution in [0.2, 0.25) is 0 Å². The molecule has 1 atom stereocenters. The molecule has 1 N–H and O–H groups in total. The summed E-state index contributed by atoms with van der Waals surface area (Å²) in [5.74, 6) is 0.111. The Kier molecular flexibility index (Phi) is 6.68. The molecule has 0 saturated carbocycles. The van der Waals surface area contributed by atoms with Crippen molar-refractivity contribution in [1.29, 1.82) is 5.26 Å². The number of nitrogens with one attached hydrogen (secondary N) is 1. The molecule has 1 aliphatic carbocycles. The number of fused-ring (bicyclic) bond motifs is 1. The third-order valence-corrected chi connectivity index (χ3v) is 5.93. The number of hydrogen-bond acceptors (Lipinski definition) is 6. The fourth-order valence-corrected chi connectivity index (χ4v) is 4.64. The van der Waals surface area contributed by atoms with Gasteiger partial charge in [-0.1, -0.05) is 25.1 Å². The number of anilines is 1. The van der Waals surface area contributed by atoms with E-state index in [4.69, 9.17) is 9.47 Å². The molecule has 6 nitrogen and oxygen atoms in total. The predicted octanol–water partition coefficient (Wildman–Crippen LogP) is 3.95. The highest BCUT2D eigenvalue weighted by atomic mass is 32.1. The van der Waals surface area contributed by atoms with E-state index in [0.717, 1.165) is 35.3 Å². The lowest BCUT2D eigenvalue weighted by molar-refractivity contribution is -0.142. The summed E-state index contributed by atoms with van der Waals surface area (Å²) in [6.45, 7) is 1.77. The van der Waals surface area contributed by atoms with Crippen LogP contribution in [0.5, 0.6) is 5.75 Å². The van der Waals surface area contributed by atoms with Gasteiger partial charge in [0.25, 0.3) is 5.91 Å². The van der Waals surface area contributed by atoms with E-state index in [1.54, 1.807) is 25.3 Å². The highest BCUT2D eigenvalue weighted by molar-refractivity contribution is 7.16. The second kappa shape index (κ2) is 9.39. The molecule has 0 fully saturated rings. The fourth-order valence-electron chi connectivity index (χ4n) is 3.27. The number of thiophene rings is 1. The predicted molar refractivity (Wildman–Crippen MR) is 112 cm³/mol. The average Bonchev–Trinajstić information content (AvgIpc) is 3.06. The molecule has 7 heteroatoms. The monoisotopic (exact) mass is 410 g/mol. The molecule has 2 aromatic rings. The van der Waals surface area contributed by atoms with Crippen molar-refractivity contribution in [2.24, 2.45) is 5.92 Å². The zero-order valence-electron chi connectivity index (χ0n) is 16.4. The molecular formula is C22H22N2O4S. The van der Waals surface area contributed by atoms with Crippen LogP contribution in [0.25, 0.3) is 6.08 Å². The Bertz CT molecular complexity index is 987. The highest BCUT2D eigenvalue weighted by Crippen LogP contribution is 2.39. The highest BCUT2D eigenvalue weighted by Gasteiger charge is 2.24. The molecule has 1 amide bonds. The molecule has 0 saturated heterocycles. The Labute approximate surface area is 173 Å². The summed E-state index contributed by atoms with van der Waals surface area (Å²) in [6, 6.07) is 9.45. The standard InChI is InChI=1S/C22H22N2O4S/c1-14-7-9-16-17(12-23)22(29-19(16)11-14)24-20(25)13-28-21(26)10-8-15-5-3-4-6-18(15)27-2/h3-6,8,10,14H,7,9,11,13H2,1-2H3,(H,24,25)/b10-8+/t14-/m1/s1. The first-order chi connectivity index (χ1) is 14.0. The van der Waals surface area contributed by atoms with Crippen molar-refractivity contribution >= 4 is 34.3 Å². The second-order valence-electron chi connectivity index (χ2n) is 6.90. The second-order valence-corrected chi connectivity index (χ2v) is 8.00. The number of amides is 1. The van der Waals surface area contributed by atoms with Gasteiger partial charge in [0.1, 0.15) is 16.8 Å². The van der Waals surface area contributed by atoms with E-state index in [-0.39, 0.29) is 0 Å². The molecular weight excluding hydrogens is 388 g/mol. The molecule has 0 spiro atoms. The maximum absolute atomic E-state index is 12.2. The fraction of sp³-hybridized carbons (Fsp3) is 0.318. The lowest BCUT2D eigenvalue weighted by Gasteiger charge is -2.17. The molecule has 1 heterocycles. The number of para-hydroxylation sites is 1. The Morgan fingerprint density at radius 2 is 2.17 bits per heavy atom. The summed E-state index contributed by atoms with van der Waals surface area (Å²) in [7, 11) is 1.55. The first-order valence-electron chi connectivity index (χ1n) is 9.34.